The number of nitrogens with one attached hydrogen (secondary N) is 3. The molecule has 0 heterocycles. The summed E-state index contributed by atoms with van der Waals surface area (Å²) >= 11 is 0. The van der Waals surface area contributed by atoms with Crippen LogP contribution in [0.3, 0.4) is 0 Å². The van der Waals surface area contributed by atoms with E-state index in [0.29, 0.717) is 19.1 Å². The Morgan fingerprint density at radius 1 is 1.15 bits per heavy atom. The SMILES string of the molecule is CC(C)COC[C@@H](O)CNC(=O)NCc1ccc(NC(=O)C2CC2)cc1. The fourth-order valence-corrected chi connectivity index (χ4v) is 2.25. The molecule has 1 fully saturated rings. The molecule has 1 aliphatic carbocycles. The average Bonchev–Trinajstić information content (AvgIpc) is 3.44. The largest absolute Gasteiger partial charge is 0.389 e. The van der Waals surface area contributed by atoms with Crippen LogP contribution in [-0.2, 0) is 16.1 Å². The highest BCUT2D eigenvalue weighted by Crippen LogP contribution is 2.30. The summed E-state index contributed by atoms with van der Waals surface area (Å²) < 4.78 is 5.32. The Kier molecular flexibility index (Phi) is 7.87. The Hall–Kier alpha value is -2.12. The van der Waals surface area contributed by atoms with Crippen LogP contribution in [0.4, 0.5) is 10.5 Å². The molecule has 7 nitrogen and oxygen atoms in total. The summed E-state index contributed by atoms with van der Waals surface area (Å²) in [6, 6.07) is 7.02. The third-order valence-corrected chi connectivity index (χ3v) is 3.88. The molecule has 7 heteroatoms. The van der Waals surface area contributed by atoms with Gasteiger partial charge in [0.25, 0.3) is 0 Å². The number of aliphatic hydroxyl groups excluding tert-OH is 1. The summed E-state index contributed by atoms with van der Waals surface area (Å²) in [5.74, 6) is 0.657. The highest BCUT2D eigenvalue weighted by Gasteiger charge is 2.29. The van der Waals surface area contributed by atoms with Gasteiger partial charge in [0.05, 0.1) is 12.7 Å². The molecule has 0 spiro atoms. The normalized spacial score (nSPS) is 14.8. The molecule has 2 rings (SSSR count). The highest BCUT2D eigenvalue weighted by atomic mass is 16.5. The van der Waals surface area contributed by atoms with Crippen LogP contribution in [0, 0.1) is 11.8 Å². The second-order valence-corrected chi connectivity index (χ2v) is 7.11. The first kappa shape index (κ1) is 20.2. The maximum Gasteiger partial charge on any atom is 0.315 e. The monoisotopic (exact) mass is 363 g/mol. The summed E-state index contributed by atoms with van der Waals surface area (Å²) in [5, 5.41) is 18.0. The number of anilines is 1. The minimum absolute atomic E-state index is 0.0752. The van der Waals surface area contributed by atoms with E-state index < -0.39 is 6.10 Å². The van der Waals surface area contributed by atoms with Gasteiger partial charge < -0.3 is 25.8 Å². The van der Waals surface area contributed by atoms with E-state index in [0.717, 1.165) is 24.1 Å². The van der Waals surface area contributed by atoms with Crippen molar-refractivity contribution in [1.29, 1.82) is 0 Å². The number of ether oxygens (including phenoxy) is 1. The second kappa shape index (κ2) is 10.1. The van der Waals surface area contributed by atoms with E-state index in [1.165, 1.54) is 0 Å². The number of carbonyl (C=O) groups excluding carboxylic acids is 2. The Bertz CT molecular complexity index is 585. The molecular weight excluding hydrogens is 334 g/mol. The smallest absolute Gasteiger partial charge is 0.315 e. The van der Waals surface area contributed by atoms with Crippen molar-refractivity contribution >= 4 is 17.6 Å². The lowest BCUT2D eigenvalue weighted by molar-refractivity contribution is -0.117. The lowest BCUT2D eigenvalue weighted by Gasteiger charge is -2.14. The number of hydrogen-bond donors (Lipinski definition) is 4. The highest BCUT2D eigenvalue weighted by molar-refractivity contribution is 5.94. The van der Waals surface area contributed by atoms with Crippen LogP contribution in [0.2, 0.25) is 0 Å². The molecule has 1 aromatic carbocycles. The van der Waals surface area contributed by atoms with Crippen LogP contribution in [0.15, 0.2) is 24.3 Å². The average molecular weight is 363 g/mol. The molecule has 144 valence electrons. The number of aliphatic hydroxyl groups is 1. The number of carbonyl (C=O) groups is 2. The number of benzene rings is 1. The van der Waals surface area contributed by atoms with Crippen molar-refractivity contribution in [3.63, 3.8) is 0 Å². The molecule has 0 bridgehead atoms. The van der Waals surface area contributed by atoms with E-state index in [2.05, 4.69) is 16.0 Å². The minimum Gasteiger partial charge on any atom is -0.389 e. The molecule has 0 aliphatic heterocycles. The van der Waals surface area contributed by atoms with Crippen molar-refractivity contribution < 1.29 is 19.4 Å². The molecular formula is C19H29N3O4. The van der Waals surface area contributed by atoms with E-state index in [-0.39, 0.29) is 31.0 Å². The van der Waals surface area contributed by atoms with Gasteiger partial charge in [0.2, 0.25) is 5.91 Å². The number of amides is 3. The van der Waals surface area contributed by atoms with Gasteiger partial charge in [0.15, 0.2) is 0 Å². The third-order valence-electron chi connectivity index (χ3n) is 3.88. The molecule has 0 radical (unpaired) electrons. The number of urea groups is 1. The molecule has 1 atom stereocenters. The molecule has 0 unspecified atom stereocenters. The van der Waals surface area contributed by atoms with Gasteiger partial charge in [-0.05, 0) is 36.5 Å². The van der Waals surface area contributed by atoms with Crippen molar-refractivity contribution in [2.45, 2.75) is 39.3 Å². The van der Waals surface area contributed by atoms with Gasteiger partial charge in [-0.25, -0.2) is 4.79 Å². The van der Waals surface area contributed by atoms with Crippen molar-refractivity contribution in [3.8, 4) is 0 Å². The Balaban J connectivity index is 1.61. The minimum atomic E-state index is -0.728. The molecule has 1 aromatic rings. The molecule has 4 N–H and O–H groups in total. The lowest BCUT2D eigenvalue weighted by atomic mass is 10.2. The van der Waals surface area contributed by atoms with Crippen molar-refractivity contribution in [3.05, 3.63) is 29.8 Å². The number of rotatable bonds is 10. The van der Waals surface area contributed by atoms with Crippen LogP contribution in [0.25, 0.3) is 0 Å². The standard InChI is InChI=1S/C19H29N3O4/c1-13(2)11-26-12-17(23)10-21-19(25)20-9-14-3-7-16(8-4-14)22-18(24)15-5-6-15/h3-4,7-8,13,15,17,23H,5-6,9-12H2,1-2H3,(H,22,24)(H2,20,21,25)/t17-/m0/s1. The Labute approximate surface area is 154 Å². The Morgan fingerprint density at radius 3 is 2.46 bits per heavy atom. The molecule has 3 amide bonds. The topological polar surface area (TPSA) is 99.7 Å². The number of hydrogen-bond acceptors (Lipinski definition) is 4. The van der Waals surface area contributed by atoms with Gasteiger partial charge >= 0.3 is 6.03 Å². The molecule has 1 saturated carbocycles. The van der Waals surface area contributed by atoms with Crippen LogP contribution < -0.4 is 16.0 Å². The van der Waals surface area contributed by atoms with Gasteiger partial charge in [-0.3, -0.25) is 4.79 Å². The van der Waals surface area contributed by atoms with Crippen LogP contribution >= 0.6 is 0 Å². The zero-order chi connectivity index (χ0) is 18.9. The lowest BCUT2D eigenvalue weighted by Crippen LogP contribution is -2.40. The van der Waals surface area contributed by atoms with Crippen LogP contribution in [0.5, 0.6) is 0 Å². The maximum absolute atomic E-state index is 11.8. The van der Waals surface area contributed by atoms with Crippen molar-refractivity contribution in [2.24, 2.45) is 11.8 Å². The molecule has 0 aromatic heterocycles. The van der Waals surface area contributed by atoms with E-state index in [1.807, 2.05) is 38.1 Å². The second-order valence-electron chi connectivity index (χ2n) is 7.11. The first-order chi connectivity index (χ1) is 12.4. The van der Waals surface area contributed by atoms with Crippen molar-refractivity contribution in [2.75, 3.05) is 25.1 Å². The zero-order valence-corrected chi connectivity index (χ0v) is 15.5. The predicted octanol–water partition coefficient (Wildman–Crippen LogP) is 1.87. The summed E-state index contributed by atoms with van der Waals surface area (Å²) in [6.45, 7) is 5.35. The molecule has 1 aliphatic rings. The molecule has 26 heavy (non-hydrogen) atoms. The fraction of sp³-hybridized carbons (Fsp3) is 0.579. The summed E-state index contributed by atoms with van der Waals surface area (Å²) in [4.78, 5) is 23.5. The van der Waals surface area contributed by atoms with Crippen LogP contribution in [0.1, 0.15) is 32.3 Å². The summed E-state index contributed by atoms with van der Waals surface area (Å²) in [7, 11) is 0. The fourth-order valence-electron chi connectivity index (χ4n) is 2.25. The maximum atomic E-state index is 11.8. The van der Waals surface area contributed by atoms with Gasteiger partial charge in [-0.1, -0.05) is 26.0 Å². The zero-order valence-electron chi connectivity index (χ0n) is 15.5. The first-order valence-corrected chi connectivity index (χ1v) is 9.11. The van der Waals surface area contributed by atoms with E-state index in [1.54, 1.807) is 0 Å². The third kappa shape index (κ3) is 7.84. The quantitative estimate of drug-likeness (QED) is 0.510. The predicted molar refractivity (Wildman–Crippen MR) is 99.7 cm³/mol. The van der Waals surface area contributed by atoms with E-state index in [4.69, 9.17) is 4.74 Å². The van der Waals surface area contributed by atoms with Gasteiger partial charge in [-0.2, -0.15) is 0 Å². The van der Waals surface area contributed by atoms with E-state index in [9.17, 15) is 14.7 Å². The Morgan fingerprint density at radius 2 is 1.85 bits per heavy atom. The van der Waals surface area contributed by atoms with E-state index >= 15 is 0 Å². The summed E-state index contributed by atoms with van der Waals surface area (Å²) in [5.41, 5.74) is 1.69. The summed E-state index contributed by atoms with van der Waals surface area (Å²) in [6.07, 6.45) is 1.22. The first-order valence-electron chi connectivity index (χ1n) is 9.11. The van der Waals surface area contributed by atoms with Crippen LogP contribution in [-0.4, -0.2) is 42.9 Å². The van der Waals surface area contributed by atoms with Gasteiger partial charge in [-0.15, -0.1) is 0 Å². The van der Waals surface area contributed by atoms with Gasteiger partial charge in [0.1, 0.15) is 0 Å². The van der Waals surface area contributed by atoms with Crippen molar-refractivity contribution in [1.82, 2.24) is 10.6 Å². The van der Waals surface area contributed by atoms with Gasteiger partial charge in [0, 0.05) is 31.3 Å². The molecule has 0 saturated heterocycles.